The SMILES string of the molecule is CC(C)[C@@H]1N=C2c3ccccc3N=C(S[C@@H](C)C(=O)NCc3cccs3)N2C1=O. The van der Waals surface area contributed by atoms with Crippen LogP contribution in [0.25, 0.3) is 0 Å². The van der Waals surface area contributed by atoms with Crippen molar-refractivity contribution in [1.29, 1.82) is 0 Å². The van der Waals surface area contributed by atoms with E-state index in [9.17, 15) is 9.59 Å². The average Bonchev–Trinajstić information content (AvgIpc) is 3.34. The molecule has 0 bridgehead atoms. The van der Waals surface area contributed by atoms with Crippen LogP contribution >= 0.6 is 23.1 Å². The second-order valence-corrected chi connectivity index (χ2v) is 9.62. The lowest BCUT2D eigenvalue weighted by atomic mass is 10.1. The van der Waals surface area contributed by atoms with E-state index in [1.165, 1.54) is 11.8 Å². The number of carbonyl (C=O) groups is 2. The van der Waals surface area contributed by atoms with Crippen LogP contribution in [0.5, 0.6) is 0 Å². The molecule has 0 fully saturated rings. The van der Waals surface area contributed by atoms with E-state index in [1.807, 2.05) is 62.5 Å². The minimum atomic E-state index is -0.426. The van der Waals surface area contributed by atoms with Crippen LogP contribution in [0.3, 0.4) is 0 Å². The number of thiophene rings is 1. The third kappa shape index (κ3) is 3.86. The van der Waals surface area contributed by atoms with Crippen LogP contribution in [0.2, 0.25) is 0 Å². The number of thioether (sulfide) groups is 1. The lowest BCUT2D eigenvalue weighted by molar-refractivity contribution is -0.125. The number of benzene rings is 1. The summed E-state index contributed by atoms with van der Waals surface area (Å²) >= 11 is 2.90. The zero-order valence-electron chi connectivity index (χ0n) is 16.5. The summed E-state index contributed by atoms with van der Waals surface area (Å²) in [5.74, 6) is 0.552. The Kier molecular flexibility index (Phi) is 5.56. The fourth-order valence-corrected chi connectivity index (χ4v) is 4.81. The topological polar surface area (TPSA) is 74.1 Å². The van der Waals surface area contributed by atoms with Crippen LogP contribution in [0.15, 0.2) is 51.8 Å². The first-order chi connectivity index (χ1) is 14.0. The third-order valence-corrected chi connectivity index (χ3v) is 6.73. The van der Waals surface area contributed by atoms with Gasteiger partial charge in [-0.05, 0) is 36.4 Å². The zero-order chi connectivity index (χ0) is 20.5. The highest BCUT2D eigenvalue weighted by molar-refractivity contribution is 8.15. The number of nitrogens with zero attached hydrogens (tertiary/aromatic N) is 3. The number of aliphatic imine (C=N–C) groups is 2. The van der Waals surface area contributed by atoms with Gasteiger partial charge in [0.2, 0.25) is 5.91 Å². The number of fused-ring (bicyclic) bond motifs is 3. The van der Waals surface area contributed by atoms with Crippen molar-refractivity contribution < 1.29 is 9.59 Å². The molecule has 0 saturated heterocycles. The number of hydrogen-bond acceptors (Lipinski definition) is 6. The molecule has 150 valence electrons. The van der Waals surface area contributed by atoms with Gasteiger partial charge in [0.15, 0.2) is 5.17 Å². The first-order valence-corrected chi connectivity index (χ1v) is 11.3. The Morgan fingerprint density at radius 1 is 1.24 bits per heavy atom. The van der Waals surface area contributed by atoms with Crippen molar-refractivity contribution in [3.63, 3.8) is 0 Å². The van der Waals surface area contributed by atoms with Crippen molar-refractivity contribution in [1.82, 2.24) is 10.2 Å². The van der Waals surface area contributed by atoms with Gasteiger partial charge in [0.1, 0.15) is 11.9 Å². The van der Waals surface area contributed by atoms with E-state index in [4.69, 9.17) is 9.98 Å². The lowest BCUT2D eigenvalue weighted by Crippen LogP contribution is -2.43. The second-order valence-electron chi connectivity index (χ2n) is 7.28. The van der Waals surface area contributed by atoms with Crippen molar-refractivity contribution in [3.05, 3.63) is 52.2 Å². The molecule has 2 aromatic rings. The highest BCUT2D eigenvalue weighted by Crippen LogP contribution is 2.35. The summed E-state index contributed by atoms with van der Waals surface area (Å²) in [5, 5.41) is 5.05. The summed E-state index contributed by atoms with van der Waals surface area (Å²) in [7, 11) is 0. The fraction of sp³-hybridized carbons (Fsp3) is 0.333. The van der Waals surface area contributed by atoms with E-state index >= 15 is 0 Å². The molecule has 6 nitrogen and oxygen atoms in total. The number of para-hydroxylation sites is 1. The summed E-state index contributed by atoms with van der Waals surface area (Å²) in [5.41, 5.74) is 1.62. The van der Waals surface area contributed by atoms with E-state index in [0.717, 1.165) is 16.1 Å². The maximum Gasteiger partial charge on any atom is 0.259 e. The van der Waals surface area contributed by atoms with Crippen LogP contribution in [-0.4, -0.2) is 39.0 Å². The van der Waals surface area contributed by atoms with Gasteiger partial charge in [-0.3, -0.25) is 14.6 Å². The molecule has 0 unspecified atom stereocenters. The van der Waals surface area contributed by atoms with Gasteiger partial charge in [-0.15, -0.1) is 11.3 Å². The maximum atomic E-state index is 13.1. The molecule has 4 rings (SSSR count). The summed E-state index contributed by atoms with van der Waals surface area (Å²) in [6.45, 7) is 6.30. The van der Waals surface area contributed by atoms with Crippen LogP contribution in [-0.2, 0) is 16.1 Å². The molecule has 2 aliphatic rings. The maximum absolute atomic E-state index is 13.1. The number of hydrogen-bond donors (Lipinski definition) is 1. The number of amides is 2. The van der Waals surface area contributed by atoms with Gasteiger partial charge < -0.3 is 5.32 Å². The smallest absolute Gasteiger partial charge is 0.259 e. The molecule has 2 amide bonds. The molecule has 1 aromatic carbocycles. The van der Waals surface area contributed by atoms with Gasteiger partial charge in [-0.25, -0.2) is 9.89 Å². The van der Waals surface area contributed by atoms with Crippen molar-refractivity contribution in [2.24, 2.45) is 15.9 Å². The van der Waals surface area contributed by atoms with Gasteiger partial charge in [0.05, 0.1) is 17.5 Å². The molecule has 8 heteroatoms. The van der Waals surface area contributed by atoms with Gasteiger partial charge in [-0.1, -0.05) is 43.8 Å². The number of nitrogens with one attached hydrogen (secondary N) is 1. The standard InChI is InChI=1S/C21H22N4O2S2/c1-12(2)17-20(27)25-18(24-17)15-8-4-5-9-16(15)23-21(25)29-13(3)19(26)22-11-14-7-6-10-28-14/h4-10,12-13,17H,11H2,1-3H3,(H,22,26)/t13-,17-/m0/s1. The molecule has 29 heavy (non-hydrogen) atoms. The van der Waals surface area contributed by atoms with Gasteiger partial charge in [0.25, 0.3) is 5.91 Å². The highest BCUT2D eigenvalue weighted by Gasteiger charge is 2.43. The summed E-state index contributed by atoms with van der Waals surface area (Å²) in [6.07, 6.45) is 0. The Bertz CT molecular complexity index is 998. The average molecular weight is 427 g/mol. The Morgan fingerprint density at radius 2 is 2.03 bits per heavy atom. The molecule has 0 aliphatic carbocycles. The van der Waals surface area contributed by atoms with Crippen LogP contribution in [0, 0.1) is 5.92 Å². The Balaban J connectivity index is 1.56. The van der Waals surface area contributed by atoms with Gasteiger partial charge in [-0.2, -0.15) is 0 Å². The Morgan fingerprint density at radius 3 is 2.76 bits per heavy atom. The second kappa shape index (κ2) is 8.12. The van der Waals surface area contributed by atoms with E-state index < -0.39 is 11.3 Å². The molecule has 0 radical (unpaired) electrons. The van der Waals surface area contributed by atoms with E-state index in [2.05, 4.69) is 5.32 Å². The van der Waals surface area contributed by atoms with Crippen LogP contribution in [0.4, 0.5) is 5.69 Å². The molecular weight excluding hydrogens is 404 g/mol. The first-order valence-electron chi connectivity index (χ1n) is 9.52. The van der Waals surface area contributed by atoms with E-state index in [1.54, 1.807) is 16.2 Å². The third-order valence-electron chi connectivity index (χ3n) is 4.80. The van der Waals surface area contributed by atoms with Gasteiger partial charge in [0, 0.05) is 10.4 Å². The van der Waals surface area contributed by atoms with Crippen molar-refractivity contribution in [2.75, 3.05) is 0 Å². The Labute approximate surface area is 178 Å². The normalized spacial score (nSPS) is 18.8. The van der Waals surface area contributed by atoms with E-state index in [-0.39, 0.29) is 17.7 Å². The number of carbonyl (C=O) groups excluding carboxylic acids is 2. The molecule has 1 aromatic heterocycles. The molecule has 0 spiro atoms. The lowest BCUT2D eigenvalue weighted by Gasteiger charge is -2.27. The molecular formula is C21H22N4O2S2. The van der Waals surface area contributed by atoms with Crippen molar-refractivity contribution in [3.8, 4) is 0 Å². The number of rotatable bonds is 5. The first kappa shape index (κ1) is 19.8. The van der Waals surface area contributed by atoms with Crippen LogP contribution in [0.1, 0.15) is 31.2 Å². The summed E-state index contributed by atoms with van der Waals surface area (Å²) < 4.78 is 0. The summed E-state index contributed by atoms with van der Waals surface area (Å²) in [6, 6.07) is 11.2. The van der Waals surface area contributed by atoms with Gasteiger partial charge >= 0.3 is 0 Å². The van der Waals surface area contributed by atoms with Crippen molar-refractivity contribution in [2.45, 2.75) is 38.6 Å². The zero-order valence-corrected chi connectivity index (χ0v) is 18.1. The fourth-order valence-electron chi connectivity index (χ4n) is 3.23. The minimum absolute atomic E-state index is 0.0815. The minimum Gasteiger partial charge on any atom is -0.350 e. The van der Waals surface area contributed by atoms with Crippen LogP contribution < -0.4 is 5.32 Å². The monoisotopic (exact) mass is 426 g/mol. The van der Waals surface area contributed by atoms with E-state index in [0.29, 0.717) is 17.5 Å². The predicted molar refractivity (Wildman–Crippen MR) is 119 cm³/mol. The quantitative estimate of drug-likeness (QED) is 0.790. The predicted octanol–water partition coefficient (Wildman–Crippen LogP) is 3.80. The largest absolute Gasteiger partial charge is 0.350 e. The Hall–Kier alpha value is -2.45. The molecule has 1 N–H and O–H groups in total. The molecule has 2 atom stereocenters. The molecule has 3 heterocycles. The summed E-state index contributed by atoms with van der Waals surface area (Å²) in [4.78, 5) is 37.7. The molecule has 0 saturated carbocycles. The molecule has 2 aliphatic heterocycles. The number of amidine groups is 2. The van der Waals surface area contributed by atoms with Crippen molar-refractivity contribution >= 4 is 51.6 Å². The highest BCUT2D eigenvalue weighted by atomic mass is 32.2.